The van der Waals surface area contributed by atoms with Gasteiger partial charge in [0.25, 0.3) is 11.6 Å². The maximum absolute atomic E-state index is 12.4. The zero-order valence-corrected chi connectivity index (χ0v) is 16.4. The first-order valence-corrected chi connectivity index (χ1v) is 9.30. The van der Waals surface area contributed by atoms with E-state index in [2.05, 4.69) is 10.5 Å². The van der Waals surface area contributed by atoms with E-state index in [0.717, 1.165) is 0 Å². The van der Waals surface area contributed by atoms with Gasteiger partial charge in [0.15, 0.2) is 11.5 Å². The number of para-hydroxylation sites is 1. The smallest absolute Gasteiger partial charge is 0.343 e. The van der Waals surface area contributed by atoms with Crippen molar-refractivity contribution in [3.05, 3.63) is 93.5 Å². The lowest BCUT2D eigenvalue weighted by Gasteiger charge is -2.07. The Morgan fingerprint density at radius 3 is 2.50 bits per heavy atom. The van der Waals surface area contributed by atoms with Crippen molar-refractivity contribution >= 4 is 23.8 Å². The summed E-state index contributed by atoms with van der Waals surface area (Å²) < 4.78 is 15.8. The highest BCUT2D eigenvalue weighted by molar-refractivity contribution is 5.96. The quantitative estimate of drug-likeness (QED) is 0.208. The molecule has 1 N–H and O–H groups in total. The fourth-order valence-electron chi connectivity index (χ4n) is 2.82. The van der Waals surface area contributed by atoms with Crippen molar-refractivity contribution < 1.29 is 28.7 Å². The molecule has 0 unspecified atom stereocenters. The van der Waals surface area contributed by atoms with Crippen molar-refractivity contribution in [1.82, 2.24) is 5.43 Å². The summed E-state index contributed by atoms with van der Waals surface area (Å²) in [4.78, 5) is 34.9. The molecule has 1 amide bonds. The van der Waals surface area contributed by atoms with Crippen LogP contribution in [0.4, 0.5) is 5.69 Å². The van der Waals surface area contributed by atoms with Crippen molar-refractivity contribution in [1.29, 1.82) is 0 Å². The van der Waals surface area contributed by atoms with Crippen LogP contribution in [0.1, 0.15) is 26.3 Å². The van der Waals surface area contributed by atoms with E-state index in [0.29, 0.717) is 22.6 Å². The van der Waals surface area contributed by atoms with E-state index in [1.807, 2.05) is 0 Å². The lowest BCUT2D eigenvalue weighted by Crippen LogP contribution is -2.17. The molecule has 0 fully saturated rings. The molecule has 4 rings (SSSR count). The zero-order valence-electron chi connectivity index (χ0n) is 16.4. The molecule has 0 atom stereocenters. The number of carbonyl (C=O) groups excluding carboxylic acids is 2. The minimum Gasteiger partial charge on any atom is -0.454 e. The summed E-state index contributed by atoms with van der Waals surface area (Å²) in [7, 11) is 0. The number of amides is 1. The highest BCUT2D eigenvalue weighted by atomic mass is 16.7. The van der Waals surface area contributed by atoms with Gasteiger partial charge in [0.05, 0.1) is 16.7 Å². The second-order valence-electron chi connectivity index (χ2n) is 6.50. The van der Waals surface area contributed by atoms with Crippen LogP contribution in [0, 0.1) is 10.1 Å². The number of esters is 1. The molecule has 10 nitrogen and oxygen atoms in total. The maximum atomic E-state index is 12.4. The van der Waals surface area contributed by atoms with Gasteiger partial charge in [-0.2, -0.15) is 5.10 Å². The van der Waals surface area contributed by atoms with Crippen LogP contribution in [0.5, 0.6) is 17.2 Å². The van der Waals surface area contributed by atoms with E-state index in [1.165, 1.54) is 30.5 Å². The number of hydrazone groups is 1. The molecular formula is C22H15N3O7. The van der Waals surface area contributed by atoms with Crippen LogP contribution in [0.3, 0.4) is 0 Å². The third kappa shape index (κ3) is 4.54. The highest BCUT2D eigenvalue weighted by Gasteiger charge is 2.16. The Labute approximate surface area is 181 Å². The van der Waals surface area contributed by atoms with Gasteiger partial charge in [-0.25, -0.2) is 10.2 Å². The molecule has 1 aliphatic heterocycles. The number of ether oxygens (including phenoxy) is 3. The number of nitrogens with one attached hydrogen (secondary N) is 1. The second kappa shape index (κ2) is 8.96. The molecular weight excluding hydrogens is 418 g/mol. The lowest BCUT2D eigenvalue weighted by molar-refractivity contribution is -0.384. The summed E-state index contributed by atoms with van der Waals surface area (Å²) in [5, 5.41) is 14.7. The highest BCUT2D eigenvalue weighted by Crippen LogP contribution is 2.32. The Hall–Kier alpha value is -4.73. The van der Waals surface area contributed by atoms with Crippen LogP contribution in [-0.2, 0) is 0 Å². The molecule has 0 saturated heterocycles. The predicted molar refractivity (Wildman–Crippen MR) is 112 cm³/mol. The molecule has 160 valence electrons. The number of nitro benzene ring substituents is 1. The topological polar surface area (TPSA) is 129 Å². The molecule has 0 saturated carbocycles. The molecule has 3 aromatic rings. The molecule has 0 bridgehead atoms. The van der Waals surface area contributed by atoms with Gasteiger partial charge in [-0.3, -0.25) is 14.9 Å². The van der Waals surface area contributed by atoms with Crippen molar-refractivity contribution in [2.75, 3.05) is 6.79 Å². The molecule has 0 aliphatic carbocycles. The number of non-ortho nitro benzene ring substituents is 1. The largest absolute Gasteiger partial charge is 0.454 e. The van der Waals surface area contributed by atoms with Crippen molar-refractivity contribution in [3.8, 4) is 17.2 Å². The minimum absolute atomic E-state index is 0.105. The van der Waals surface area contributed by atoms with Gasteiger partial charge in [-0.15, -0.1) is 0 Å². The van der Waals surface area contributed by atoms with E-state index in [1.54, 1.807) is 42.5 Å². The number of nitrogens with zero attached hydrogens (tertiary/aromatic N) is 2. The maximum Gasteiger partial charge on any atom is 0.343 e. The van der Waals surface area contributed by atoms with Gasteiger partial charge in [0, 0.05) is 23.3 Å². The Morgan fingerprint density at radius 2 is 1.72 bits per heavy atom. The zero-order chi connectivity index (χ0) is 22.5. The molecule has 1 heterocycles. The van der Waals surface area contributed by atoms with Crippen molar-refractivity contribution in [3.63, 3.8) is 0 Å². The number of carbonyl (C=O) groups is 2. The van der Waals surface area contributed by atoms with E-state index in [4.69, 9.17) is 14.2 Å². The van der Waals surface area contributed by atoms with E-state index < -0.39 is 16.8 Å². The first-order chi connectivity index (χ1) is 15.5. The Kier molecular flexibility index (Phi) is 5.75. The number of hydrogen-bond donors (Lipinski definition) is 1. The van der Waals surface area contributed by atoms with Crippen LogP contribution in [0.15, 0.2) is 71.8 Å². The first kappa shape index (κ1) is 20.5. The fraction of sp³-hybridized carbons (Fsp3) is 0.0455. The van der Waals surface area contributed by atoms with Gasteiger partial charge in [0.2, 0.25) is 6.79 Å². The van der Waals surface area contributed by atoms with Gasteiger partial charge >= 0.3 is 5.97 Å². The van der Waals surface area contributed by atoms with Gasteiger partial charge in [-0.1, -0.05) is 12.1 Å². The Balaban J connectivity index is 1.42. The summed E-state index contributed by atoms with van der Waals surface area (Å²) in [5.74, 6) is 0.0981. The second-order valence-corrected chi connectivity index (χ2v) is 6.50. The molecule has 10 heteroatoms. The molecule has 0 aromatic heterocycles. The summed E-state index contributed by atoms with van der Waals surface area (Å²) in [6, 6.07) is 16.4. The monoisotopic (exact) mass is 433 g/mol. The fourth-order valence-corrected chi connectivity index (χ4v) is 2.82. The predicted octanol–water partition coefficient (Wildman–Crippen LogP) is 3.31. The standard InChI is InChI=1S/C22H15N3O7/c26-21(15-7-10-19-20(11-15)31-13-30-19)24-23-12-16-3-1-2-4-18(16)32-22(27)14-5-8-17(9-6-14)25(28)29/h1-12H,13H2,(H,24,26)/b23-12-. The van der Waals surface area contributed by atoms with Crippen LogP contribution in [0.2, 0.25) is 0 Å². The Bertz CT molecular complexity index is 1220. The van der Waals surface area contributed by atoms with E-state index >= 15 is 0 Å². The first-order valence-electron chi connectivity index (χ1n) is 9.30. The van der Waals surface area contributed by atoms with Crippen LogP contribution in [0.25, 0.3) is 0 Å². The third-order valence-corrected chi connectivity index (χ3v) is 4.44. The number of nitro groups is 1. The average molecular weight is 433 g/mol. The van der Waals surface area contributed by atoms with E-state index in [9.17, 15) is 19.7 Å². The molecule has 0 radical (unpaired) electrons. The summed E-state index contributed by atoms with van der Waals surface area (Å²) >= 11 is 0. The minimum atomic E-state index is -0.690. The molecule has 3 aromatic carbocycles. The van der Waals surface area contributed by atoms with Crippen LogP contribution < -0.4 is 19.6 Å². The van der Waals surface area contributed by atoms with Crippen molar-refractivity contribution in [2.45, 2.75) is 0 Å². The van der Waals surface area contributed by atoms with Crippen molar-refractivity contribution in [2.24, 2.45) is 5.10 Å². The normalized spacial score (nSPS) is 11.9. The average Bonchev–Trinajstić information content (AvgIpc) is 3.28. The SMILES string of the molecule is O=C(N/N=C\c1ccccc1OC(=O)c1ccc([N+](=O)[O-])cc1)c1ccc2c(c1)OCO2. The summed E-state index contributed by atoms with van der Waals surface area (Å²) in [6.45, 7) is 0.105. The molecule has 32 heavy (non-hydrogen) atoms. The van der Waals surface area contributed by atoms with Gasteiger partial charge in [0.1, 0.15) is 5.75 Å². The number of benzene rings is 3. The van der Waals surface area contributed by atoms with Gasteiger partial charge in [-0.05, 0) is 42.5 Å². The lowest BCUT2D eigenvalue weighted by atomic mass is 10.2. The van der Waals surface area contributed by atoms with Crippen LogP contribution >= 0.6 is 0 Å². The number of fused-ring (bicyclic) bond motifs is 1. The number of hydrogen-bond acceptors (Lipinski definition) is 8. The van der Waals surface area contributed by atoms with Gasteiger partial charge < -0.3 is 14.2 Å². The molecule has 0 spiro atoms. The third-order valence-electron chi connectivity index (χ3n) is 4.44. The summed E-state index contributed by atoms with van der Waals surface area (Å²) in [6.07, 6.45) is 1.34. The summed E-state index contributed by atoms with van der Waals surface area (Å²) in [5.41, 5.74) is 3.19. The Morgan fingerprint density at radius 1 is 1.00 bits per heavy atom. The number of rotatable bonds is 6. The van der Waals surface area contributed by atoms with E-state index in [-0.39, 0.29) is 23.8 Å². The van der Waals surface area contributed by atoms with Crippen LogP contribution in [-0.4, -0.2) is 29.8 Å². The molecule has 1 aliphatic rings.